The number of aryl methyl sites for hydroxylation is 1. The molecular formula is C14H19NO2S. The van der Waals surface area contributed by atoms with Crippen molar-refractivity contribution in [1.82, 2.24) is 4.90 Å². The minimum Gasteiger partial charge on any atom is -0.396 e. The molecule has 2 atom stereocenters. The van der Waals surface area contributed by atoms with Crippen molar-refractivity contribution in [3.8, 4) is 0 Å². The van der Waals surface area contributed by atoms with Gasteiger partial charge in [-0.25, -0.2) is 0 Å². The number of benzene rings is 1. The molecule has 2 rings (SSSR count). The van der Waals surface area contributed by atoms with Crippen molar-refractivity contribution in [3.05, 3.63) is 35.4 Å². The number of carbonyl (C=O) groups excluding carboxylic acids is 1. The Kier molecular flexibility index (Phi) is 4.30. The third-order valence-corrected chi connectivity index (χ3v) is 3.72. The minimum atomic E-state index is -0.0275. The van der Waals surface area contributed by atoms with E-state index in [-0.39, 0.29) is 23.8 Å². The molecule has 0 spiro atoms. The maximum Gasteiger partial charge on any atom is 0.224 e. The van der Waals surface area contributed by atoms with E-state index in [2.05, 4.69) is 12.6 Å². The molecule has 0 bridgehead atoms. The van der Waals surface area contributed by atoms with Gasteiger partial charge in [-0.1, -0.05) is 29.8 Å². The number of hydrogen-bond donors (Lipinski definition) is 2. The van der Waals surface area contributed by atoms with Gasteiger partial charge >= 0.3 is 0 Å². The molecule has 1 aromatic carbocycles. The van der Waals surface area contributed by atoms with Gasteiger partial charge in [-0.3, -0.25) is 4.79 Å². The highest BCUT2D eigenvalue weighted by Gasteiger charge is 2.33. The average molecular weight is 265 g/mol. The maximum atomic E-state index is 11.9. The topological polar surface area (TPSA) is 40.5 Å². The Morgan fingerprint density at radius 1 is 1.44 bits per heavy atom. The predicted octanol–water partition coefficient (Wildman–Crippen LogP) is 1.95. The van der Waals surface area contributed by atoms with E-state index < -0.39 is 0 Å². The fourth-order valence-corrected chi connectivity index (χ4v) is 2.76. The van der Waals surface area contributed by atoms with E-state index in [9.17, 15) is 9.90 Å². The highest BCUT2D eigenvalue weighted by molar-refractivity contribution is 7.81. The lowest BCUT2D eigenvalue weighted by atomic mass is 10.0. The van der Waals surface area contributed by atoms with Crippen LogP contribution in [0.2, 0.25) is 0 Å². The van der Waals surface area contributed by atoms with Crippen molar-refractivity contribution in [1.29, 1.82) is 0 Å². The zero-order valence-electron chi connectivity index (χ0n) is 10.5. The monoisotopic (exact) mass is 265 g/mol. The first-order valence-electron chi connectivity index (χ1n) is 6.26. The van der Waals surface area contributed by atoms with Crippen LogP contribution in [0.5, 0.6) is 0 Å². The Morgan fingerprint density at radius 3 is 2.61 bits per heavy atom. The smallest absolute Gasteiger partial charge is 0.224 e. The summed E-state index contributed by atoms with van der Waals surface area (Å²) < 4.78 is 0. The second-order valence-corrected chi connectivity index (χ2v) is 5.57. The largest absolute Gasteiger partial charge is 0.396 e. The number of carbonyl (C=O) groups is 1. The van der Waals surface area contributed by atoms with E-state index in [0.717, 1.165) is 5.56 Å². The molecule has 18 heavy (non-hydrogen) atoms. The third-order valence-electron chi connectivity index (χ3n) is 3.38. The summed E-state index contributed by atoms with van der Waals surface area (Å²) >= 11 is 4.38. The summed E-state index contributed by atoms with van der Waals surface area (Å²) in [5.41, 5.74) is 2.28. The summed E-state index contributed by atoms with van der Waals surface area (Å²) in [5.74, 6) is 0.133. The lowest BCUT2D eigenvalue weighted by Gasteiger charge is -2.28. The van der Waals surface area contributed by atoms with Gasteiger partial charge in [0.05, 0.1) is 6.04 Å². The molecule has 4 heteroatoms. The Morgan fingerprint density at radius 2 is 2.11 bits per heavy atom. The van der Waals surface area contributed by atoms with E-state index in [0.29, 0.717) is 19.4 Å². The molecule has 0 aromatic heterocycles. The minimum absolute atomic E-state index is 0.0275. The molecule has 3 nitrogen and oxygen atoms in total. The molecule has 2 unspecified atom stereocenters. The normalized spacial score (nSPS) is 21.4. The number of hydrogen-bond acceptors (Lipinski definition) is 3. The summed E-state index contributed by atoms with van der Waals surface area (Å²) in [7, 11) is 0. The molecule has 0 aliphatic carbocycles. The molecule has 0 saturated carbocycles. The Balaban J connectivity index is 2.22. The van der Waals surface area contributed by atoms with Gasteiger partial charge in [0.1, 0.15) is 0 Å². The van der Waals surface area contributed by atoms with Crippen molar-refractivity contribution in [2.24, 2.45) is 0 Å². The van der Waals surface area contributed by atoms with E-state index in [1.807, 2.05) is 36.1 Å². The van der Waals surface area contributed by atoms with E-state index in [4.69, 9.17) is 0 Å². The lowest BCUT2D eigenvalue weighted by molar-refractivity contribution is -0.130. The number of aliphatic hydroxyl groups excluding tert-OH is 1. The fourth-order valence-electron chi connectivity index (χ4n) is 2.43. The molecule has 1 aliphatic rings. The van der Waals surface area contributed by atoms with Crippen molar-refractivity contribution in [3.63, 3.8) is 0 Å². The van der Waals surface area contributed by atoms with Crippen LogP contribution in [-0.4, -0.2) is 34.3 Å². The summed E-state index contributed by atoms with van der Waals surface area (Å²) in [4.78, 5) is 13.8. The Bertz CT molecular complexity index is 418. The summed E-state index contributed by atoms with van der Waals surface area (Å²) in [5, 5.41) is 9.32. The second kappa shape index (κ2) is 5.76. The predicted molar refractivity (Wildman–Crippen MR) is 74.7 cm³/mol. The van der Waals surface area contributed by atoms with Crippen molar-refractivity contribution in [2.75, 3.05) is 13.2 Å². The third kappa shape index (κ3) is 2.87. The highest BCUT2D eigenvalue weighted by atomic mass is 32.1. The van der Waals surface area contributed by atoms with Crippen LogP contribution in [0.15, 0.2) is 24.3 Å². The summed E-state index contributed by atoms with van der Waals surface area (Å²) in [6.07, 6.45) is 1.08. The molecular weight excluding hydrogens is 246 g/mol. The molecule has 1 fully saturated rings. The molecule has 1 aliphatic heterocycles. The van der Waals surface area contributed by atoms with Crippen LogP contribution >= 0.6 is 12.6 Å². The number of nitrogens with zero attached hydrogens (tertiary/aromatic N) is 1. The highest BCUT2D eigenvalue weighted by Crippen LogP contribution is 2.30. The van der Waals surface area contributed by atoms with Crippen LogP contribution in [-0.2, 0) is 4.79 Å². The van der Waals surface area contributed by atoms with Crippen LogP contribution in [0, 0.1) is 6.92 Å². The first-order valence-corrected chi connectivity index (χ1v) is 6.78. The van der Waals surface area contributed by atoms with Crippen LogP contribution in [0.1, 0.15) is 30.0 Å². The number of amides is 1. The first kappa shape index (κ1) is 13.4. The van der Waals surface area contributed by atoms with Gasteiger partial charge < -0.3 is 10.0 Å². The van der Waals surface area contributed by atoms with E-state index >= 15 is 0 Å². The van der Waals surface area contributed by atoms with Crippen molar-refractivity contribution >= 4 is 18.5 Å². The number of thiol groups is 1. The summed E-state index contributed by atoms with van der Waals surface area (Å²) in [6.45, 7) is 2.79. The number of rotatable bonds is 4. The zero-order chi connectivity index (χ0) is 13.1. The van der Waals surface area contributed by atoms with Gasteiger partial charge in [0.15, 0.2) is 0 Å². The SMILES string of the molecule is Cc1ccc(C(CCO)N2CC(S)CC2=O)cc1. The van der Waals surface area contributed by atoms with Gasteiger partial charge in [-0.15, -0.1) is 0 Å². The van der Waals surface area contributed by atoms with Crippen molar-refractivity contribution < 1.29 is 9.90 Å². The van der Waals surface area contributed by atoms with Gasteiger partial charge in [0.2, 0.25) is 5.91 Å². The van der Waals surface area contributed by atoms with Crippen LogP contribution < -0.4 is 0 Å². The molecule has 1 heterocycles. The standard InChI is InChI=1S/C14H19NO2S/c1-10-2-4-11(5-3-10)13(6-7-16)15-9-12(18)8-14(15)17/h2-5,12-13,16,18H,6-9H2,1H3. The molecule has 0 radical (unpaired) electrons. The maximum absolute atomic E-state index is 11.9. The molecule has 98 valence electrons. The van der Waals surface area contributed by atoms with E-state index in [1.165, 1.54) is 5.56 Å². The molecule has 1 N–H and O–H groups in total. The number of aliphatic hydroxyl groups is 1. The second-order valence-electron chi connectivity index (χ2n) is 4.84. The Labute approximate surface area is 113 Å². The molecule has 1 aromatic rings. The van der Waals surface area contributed by atoms with Gasteiger partial charge in [-0.05, 0) is 18.9 Å². The summed E-state index contributed by atoms with van der Waals surface area (Å²) in [6, 6.07) is 8.13. The molecule has 1 saturated heterocycles. The van der Waals surface area contributed by atoms with Crippen molar-refractivity contribution in [2.45, 2.75) is 31.1 Å². The lowest BCUT2D eigenvalue weighted by Crippen LogP contribution is -2.31. The molecule has 1 amide bonds. The van der Waals surface area contributed by atoms with Gasteiger partial charge in [0.25, 0.3) is 0 Å². The average Bonchev–Trinajstić information content (AvgIpc) is 2.67. The quantitative estimate of drug-likeness (QED) is 0.817. The first-order chi connectivity index (χ1) is 8.61. The van der Waals surface area contributed by atoms with Crippen LogP contribution in [0.3, 0.4) is 0 Å². The Hall–Kier alpha value is -1.00. The van der Waals surface area contributed by atoms with Gasteiger partial charge in [0, 0.05) is 24.8 Å². The van der Waals surface area contributed by atoms with Crippen LogP contribution in [0.25, 0.3) is 0 Å². The number of likely N-dealkylation sites (tertiary alicyclic amines) is 1. The van der Waals surface area contributed by atoms with E-state index in [1.54, 1.807) is 0 Å². The van der Waals surface area contributed by atoms with Gasteiger partial charge in [-0.2, -0.15) is 12.6 Å². The zero-order valence-corrected chi connectivity index (χ0v) is 11.4. The van der Waals surface area contributed by atoms with Crippen LogP contribution in [0.4, 0.5) is 0 Å². The fraction of sp³-hybridized carbons (Fsp3) is 0.500.